The van der Waals surface area contributed by atoms with Gasteiger partial charge in [0.25, 0.3) is 0 Å². The van der Waals surface area contributed by atoms with Crippen LogP contribution in [0.25, 0.3) is 0 Å². The maximum Gasteiger partial charge on any atom is 0.0494 e. The molecule has 1 rings (SSSR count). The molecule has 0 amide bonds. The zero-order valence-electron chi connectivity index (χ0n) is 4.68. The molecule has 7 heavy (non-hydrogen) atoms. The van der Waals surface area contributed by atoms with Gasteiger partial charge in [0.05, 0.1) is 0 Å². The van der Waals surface area contributed by atoms with E-state index in [-0.39, 0.29) is 0 Å². The molecule has 1 saturated heterocycles. The van der Waals surface area contributed by atoms with E-state index in [9.17, 15) is 0 Å². The first-order valence-corrected chi connectivity index (χ1v) is 2.80. The van der Waals surface area contributed by atoms with Crippen LogP contribution in [-0.2, 0) is 4.74 Å². The quantitative estimate of drug-likeness (QED) is 0.444. The van der Waals surface area contributed by atoms with Crippen molar-refractivity contribution in [1.82, 2.24) is 0 Å². The molecule has 1 radical (unpaired) electrons. The van der Waals surface area contributed by atoms with Crippen molar-refractivity contribution in [2.24, 2.45) is 5.92 Å². The van der Waals surface area contributed by atoms with Crippen molar-refractivity contribution in [1.29, 1.82) is 0 Å². The summed E-state index contributed by atoms with van der Waals surface area (Å²) in [7, 11) is 0. The third kappa shape index (κ3) is 1.48. The first-order valence-electron chi connectivity index (χ1n) is 2.80. The summed E-state index contributed by atoms with van der Waals surface area (Å²) in [5.41, 5.74) is 0. The van der Waals surface area contributed by atoms with Gasteiger partial charge in [0.15, 0.2) is 0 Å². The normalized spacial score (nSPS) is 33.0. The van der Waals surface area contributed by atoms with Crippen LogP contribution in [0, 0.1) is 12.3 Å². The Kier molecular flexibility index (Phi) is 1.69. The molecule has 0 aromatic carbocycles. The zero-order chi connectivity index (χ0) is 5.11. The highest BCUT2D eigenvalue weighted by Gasteiger charge is 2.06. The monoisotopic (exact) mass is 99.1 g/mol. The lowest BCUT2D eigenvalue weighted by atomic mass is 10.1. The fraction of sp³-hybridized carbons (Fsp3) is 0.833. The second kappa shape index (κ2) is 2.31. The summed E-state index contributed by atoms with van der Waals surface area (Å²) in [6, 6.07) is 0. The van der Waals surface area contributed by atoms with Crippen LogP contribution in [0.2, 0.25) is 0 Å². The average Bonchev–Trinajstić information content (AvgIpc) is 1.69. The molecule has 1 aliphatic heterocycles. The summed E-state index contributed by atoms with van der Waals surface area (Å²) in [6.45, 7) is 4.05. The largest absolute Gasteiger partial charge is 0.381 e. The Morgan fingerprint density at radius 3 is 2.86 bits per heavy atom. The van der Waals surface area contributed by atoms with Gasteiger partial charge in [-0.2, -0.15) is 0 Å². The minimum Gasteiger partial charge on any atom is -0.381 e. The van der Waals surface area contributed by atoms with Crippen LogP contribution in [-0.4, -0.2) is 13.2 Å². The van der Waals surface area contributed by atoms with E-state index in [0.29, 0.717) is 5.92 Å². The van der Waals surface area contributed by atoms with E-state index >= 15 is 0 Å². The molecular formula is C6H11O. The van der Waals surface area contributed by atoms with Crippen LogP contribution >= 0.6 is 0 Å². The standard InChI is InChI=1S/C6H11O/c1-6-3-2-4-7-5-6/h3,6H,2,4-5H2,1H3/t6-/m1/s1. The third-order valence-electron chi connectivity index (χ3n) is 1.21. The van der Waals surface area contributed by atoms with E-state index in [1.54, 1.807) is 0 Å². The fourth-order valence-electron chi connectivity index (χ4n) is 0.773. The van der Waals surface area contributed by atoms with Gasteiger partial charge in [0.2, 0.25) is 0 Å². The third-order valence-corrected chi connectivity index (χ3v) is 1.21. The van der Waals surface area contributed by atoms with E-state index in [4.69, 9.17) is 4.74 Å². The van der Waals surface area contributed by atoms with E-state index in [1.165, 1.54) is 0 Å². The summed E-state index contributed by atoms with van der Waals surface area (Å²) in [5.74, 6) is 0.689. The topological polar surface area (TPSA) is 9.23 Å². The van der Waals surface area contributed by atoms with Gasteiger partial charge in [-0.15, -0.1) is 0 Å². The van der Waals surface area contributed by atoms with Crippen molar-refractivity contribution in [3.63, 3.8) is 0 Å². The number of hydrogen-bond acceptors (Lipinski definition) is 1. The average molecular weight is 99.2 g/mol. The van der Waals surface area contributed by atoms with Crippen molar-refractivity contribution < 1.29 is 4.74 Å². The van der Waals surface area contributed by atoms with Gasteiger partial charge in [-0.25, -0.2) is 0 Å². The van der Waals surface area contributed by atoms with E-state index < -0.39 is 0 Å². The van der Waals surface area contributed by atoms with Crippen molar-refractivity contribution in [2.45, 2.75) is 13.3 Å². The Morgan fingerprint density at radius 2 is 2.57 bits per heavy atom. The van der Waals surface area contributed by atoms with Gasteiger partial charge in [-0.1, -0.05) is 6.92 Å². The Morgan fingerprint density at radius 1 is 1.71 bits per heavy atom. The molecule has 41 valence electrons. The summed E-state index contributed by atoms with van der Waals surface area (Å²) in [4.78, 5) is 0. The molecule has 0 spiro atoms. The molecule has 1 fully saturated rings. The molecule has 0 bridgehead atoms. The smallest absolute Gasteiger partial charge is 0.0494 e. The maximum absolute atomic E-state index is 5.15. The fourth-order valence-corrected chi connectivity index (χ4v) is 0.773. The highest BCUT2D eigenvalue weighted by atomic mass is 16.5. The van der Waals surface area contributed by atoms with Crippen molar-refractivity contribution in [2.75, 3.05) is 13.2 Å². The molecule has 1 atom stereocenters. The number of ether oxygens (including phenoxy) is 1. The first-order chi connectivity index (χ1) is 3.39. The molecule has 1 nitrogen and oxygen atoms in total. The highest BCUT2D eigenvalue weighted by Crippen LogP contribution is 2.09. The second-order valence-corrected chi connectivity index (χ2v) is 2.08. The molecule has 0 N–H and O–H groups in total. The number of hydrogen-bond donors (Lipinski definition) is 0. The van der Waals surface area contributed by atoms with E-state index in [0.717, 1.165) is 19.6 Å². The Balaban J connectivity index is 2.12. The van der Waals surface area contributed by atoms with Crippen molar-refractivity contribution in [3.05, 3.63) is 6.42 Å². The van der Waals surface area contributed by atoms with Crippen molar-refractivity contribution in [3.8, 4) is 0 Å². The van der Waals surface area contributed by atoms with Crippen LogP contribution in [0.3, 0.4) is 0 Å². The lowest BCUT2D eigenvalue weighted by Gasteiger charge is -2.16. The molecule has 0 aromatic heterocycles. The molecule has 0 aromatic rings. The minimum absolute atomic E-state index is 0.689. The van der Waals surface area contributed by atoms with Crippen LogP contribution < -0.4 is 0 Å². The molecule has 1 aliphatic rings. The van der Waals surface area contributed by atoms with Gasteiger partial charge >= 0.3 is 0 Å². The van der Waals surface area contributed by atoms with Crippen LogP contribution in [0.4, 0.5) is 0 Å². The first kappa shape index (κ1) is 5.10. The van der Waals surface area contributed by atoms with Crippen LogP contribution in [0.15, 0.2) is 0 Å². The van der Waals surface area contributed by atoms with Gasteiger partial charge in [-0.05, 0) is 18.8 Å². The molecule has 1 heteroatoms. The van der Waals surface area contributed by atoms with E-state index in [1.807, 2.05) is 0 Å². The van der Waals surface area contributed by atoms with Crippen LogP contribution in [0.1, 0.15) is 13.3 Å². The minimum atomic E-state index is 0.689. The van der Waals surface area contributed by atoms with Crippen molar-refractivity contribution >= 4 is 0 Å². The Labute approximate surface area is 44.7 Å². The summed E-state index contributed by atoms with van der Waals surface area (Å²) >= 11 is 0. The molecule has 0 saturated carbocycles. The second-order valence-electron chi connectivity index (χ2n) is 2.08. The Hall–Kier alpha value is -0.0400. The highest BCUT2D eigenvalue weighted by molar-refractivity contribution is 4.75. The predicted molar refractivity (Wildman–Crippen MR) is 28.9 cm³/mol. The summed E-state index contributed by atoms with van der Waals surface area (Å²) in [5, 5.41) is 0. The Bertz CT molecular complexity index is 46.1. The van der Waals surface area contributed by atoms with E-state index in [2.05, 4.69) is 13.3 Å². The SMILES string of the molecule is C[C@@H]1[CH]CCOC1. The molecule has 0 unspecified atom stereocenters. The summed E-state index contributed by atoms with van der Waals surface area (Å²) in [6.07, 6.45) is 3.45. The van der Waals surface area contributed by atoms with Gasteiger partial charge in [0.1, 0.15) is 0 Å². The van der Waals surface area contributed by atoms with Gasteiger partial charge in [-0.3, -0.25) is 0 Å². The lowest BCUT2D eigenvalue weighted by molar-refractivity contribution is 0.0874. The molecule has 0 aliphatic carbocycles. The molecule has 1 heterocycles. The maximum atomic E-state index is 5.15. The van der Waals surface area contributed by atoms with Crippen LogP contribution in [0.5, 0.6) is 0 Å². The zero-order valence-corrected chi connectivity index (χ0v) is 4.68. The molecular weight excluding hydrogens is 88.1 g/mol. The lowest BCUT2D eigenvalue weighted by Crippen LogP contribution is -2.14. The predicted octanol–water partition coefficient (Wildman–Crippen LogP) is 1.25. The van der Waals surface area contributed by atoms with Gasteiger partial charge < -0.3 is 4.74 Å². The number of rotatable bonds is 0. The summed E-state index contributed by atoms with van der Waals surface area (Å²) < 4.78 is 5.15. The van der Waals surface area contributed by atoms with Gasteiger partial charge in [0, 0.05) is 13.2 Å².